The summed E-state index contributed by atoms with van der Waals surface area (Å²) in [6.45, 7) is 1.32. The van der Waals surface area contributed by atoms with Crippen LogP contribution in [0, 0.1) is 5.82 Å². The number of furan rings is 1. The van der Waals surface area contributed by atoms with Gasteiger partial charge in [0.2, 0.25) is 11.7 Å². The highest BCUT2D eigenvalue weighted by Gasteiger charge is 2.16. The van der Waals surface area contributed by atoms with Gasteiger partial charge >= 0.3 is 5.97 Å². The minimum absolute atomic E-state index is 0.0404. The molecule has 0 aliphatic rings. The number of hydrogen-bond acceptors (Lipinski definition) is 6. The molecule has 7 nitrogen and oxygen atoms in total. The first-order chi connectivity index (χ1) is 14.9. The molecule has 2 aromatic carbocycles. The Morgan fingerprint density at radius 3 is 2.35 bits per heavy atom. The van der Waals surface area contributed by atoms with Crippen molar-refractivity contribution in [3.8, 4) is 5.75 Å². The Labute approximate surface area is 177 Å². The molecular weight excluding hydrogens is 405 g/mol. The first-order valence-electron chi connectivity index (χ1n) is 9.52. The summed E-state index contributed by atoms with van der Waals surface area (Å²) >= 11 is 0. The standard InChI is InChI=1S/C23H20FNO6/c1-2-22(27)25-17-7-3-15(4-8-17)20(26)14-30-23(28)21-12-11-19(31-21)13-29-18-9-5-16(24)6-10-18/h3-12H,2,13-14H2,1H3,(H,25,27). The van der Waals surface area contributed by atoms with E-state index < -0.39 is 18.4 Å². The van der Waals surface area contributed by atoms with Gasteiger partial charge in [0.25, 0.3) is 0 Å². The predicted octanol–water partition coefficient (Wildman–Crippen LogP) is 4.39. The van der Waals surface area contributed by atoms with Crippen molar-refractivity contribution < 1.29 is 32.7 Å². The largest absolute Gasteiger partial charge is 0.486 e. The second kappa shape index (κ2) is 10.2. The number of amides is 1. The highest BCUT2D eigenvalue weighted by atomic mass is 19.1. The zero-order chi connectivity index (χ0) is 22.2. The topological polar surface area (TPSA) is 94.8 Å². The lowest BCUT2D eigenvalue weighted by molar-refractivity contribution is -0.115. The first kappa shape index (κ1) is 21.8. The normalized spacial score (nSPS) is 10.4. The van der Waals surface area contributed by atoms with E-state index in [1.54, 1.807) is 37.3 Å². The zero-order valence-electron chi connectivity index (χ0n) is 16.7. The lowest BCUT2D eigenvalue weighted by Gasteiger charge is -2.06. The molecule has 1 amide bonds. The van der Waals surface area contributed by atoms with Crippen LogP contribution >= 0.6 is 0 Å². The van der Waals surface area contributed by atoms with Gasteiger partial charge in [-0.25, -0.2) is 9.18 Å². The van der Waals surface area contributed by atoms with Crippen LogP contribution in [0.2, 0.25) is 0 Å². The molecule has 0 spiro atoms. The molecule has 0 saturated carbocycles. The SMILES string of the molecule is CCC(=O)Nc1ccc(C(=O)COC(=O)c2ccc(COc3ccc(F)cc3)o2)cc1. The van der Waals surface area contributed by atoms with Gasteiger partial charge in [0.05, 0.1) is 0 Å². The van der Waals surface area contributed by atoms with Crippen LogP contribution in [0.4, 0.5) is 10.1 Å². The van der Waals surface area contributed by atoms with Crippen molar-refractivity contribution in [2.24, 2.45) is 0 Å². The molecule has 1 aromatic heterocycles. The van der Waals surface area contributed by atoms with Crippen molar-refractivity contribution in [2.45, 2.75) is 20.0 Å². The third kappa shape index (κ3) is 6.27. The maximum absolute atomic E-state index is 12.9. The number of halogens is 1. The molecule has 0 aliphatic heterocycles. The van der Waals surface area contributed by atoms with Crippen LogP contribution in [0.3, 0.4) is 0 Å². The summed E-state index contributed by atoms with van der Waals surface area (Å²) in [7, 11) is 0. The minimum atomic E-state index is -0.784. The summed E-state index contributed by atoms with van der Waals surface area (Å²) in [5.74, 6) is -0.928. The minimum Gasteiger partial charge on any atom is -0.486 e. The van der Waals surface area contributed by atoms with Crippen molar-refractivity contribution in [2.75, 3.05) is 11.9 Å². The number of carbonyl (C=O) groups excluding carboxylic acids is 3. The summed E-state index contributed by atoms with van der Waals surface area (Å²) in [5, 5.41) is 2.68. The Kier molecular flexibility index (Phi) is 7.16. The van der Waals surface area contributed by atoms with E-state index in [0.717, 1.165) is 0 Å². The van der Waals surface area contributed by atoms with Crippen molar-refractivity contribution in [1.82, 2.24) is 0 Å². The average molecular weight is 425 g/mol. The van der Waals surface area contributed by atoms with E-state index >= 15 is 0 Å². The van der Waals surface area contributed by atoms with Crippen molar-refractivity contribution in [3.63, 3.8) is 0 Å². The van der Waals surface area contributed by atoms with Crippen LogP contribution in [0.15, 0.2) is 65.1 Å². The number of carbonyl (C=O) groups is 3. The molecule has 1 heterocycles. The molecule has 0 aliphatic carbocycles. The van der Waals surface area contributed by atoms with E-state index in [9.17, 15) is 18.8 Å². The summed E-state index contributed by atoms with van der Waals surface area (Å²) < 4.78 is 28.7. The fourth-order valence-corrected chi connectivity index (χ4v) is 2.52. The number of nitrogens with one attached hydrogen (secondary N) is 1. The molecular formula is C23H20FNO6. The Hall–Kier alpha value is -3.94. The number of anilines is 1. The van der Waals surface area contributed by atoms with Gasteiger partial charge in [-0.1, -0.05) is 6.92 Å². The number of ketones is 1. The average Bonchev–Trinajstić information content (AvgIpc) is 3.26. The van der Waals surface area contributed by atoms with Crippen LogP contribution < -0.4 is 10.1 Å². The fraction of sp³-hybridized carbons (Fsp3) is 0.174. The lowest BCUT2D eigenvalue weighted by atomic mass is 10.1. The summed E-state index contributed by atoms with van der Waals surface area (Å²) in [6, 6.07) is 14.7. The Bertz CT molecular complexity index is 1060. The Morgan fingerprint density at radius 2 is 1.68 bits per heavy atom. The van der Waals surface area contributed by atoms with E-state index in [1.165, 1.54) is 30.3 Å². The Balaban J connectivity index is 1.48. The summed E-state index contributed by atoms with van der Waals surface area (Å²) in [5.41, 5.74) is 0.918. The molecule has 0 fully saturated rings. The van der Waals surface area contributed by atoms with Crippen LogP contribution in [0.5, 0.6) is 5.75 Å². The van der Waals surface area contributed by atoms with E-state index in [-0.39, 0.29) is 24.1 Å². The molecule has 0 radical (unpaired) electrons. The number of benzene rings is 2. The van der Waals surface area contributed by atoms with E-state index in [2.05, 4.69) is 5.32 Å². The molecule has 3 aromatic rings. The summed E-state index contributed by atoms with van der Waals surface area (Å²) in [4.78, 5) is 35.7. The first-order valence-corrected chi connectivity index (χ1v) is 9.52. The molecule has 0 bridgehead atoms. The molecule has 0 saturated heterocycles. The van der Waals surface area contributed by atoms with E-state index in [4.69, 9.17) is 13.9 Å². The lowest BCUT2D eigenvalue weighted by Crippen LogP contribution is -2.14. The quantitative estimate of drug-likeness (QED) is 0.404. The number of Topliss-reactive ketones (excluding diaryl/α,β-unsaturated/α-hetero) is 1. The third-order valence-electron chi connectivity index (χ3n) is 4.20. The second-order valence-electron chi connectivity index (χ2n) is 6.49. The molecule has 31 heavy (non-hydrogen) atoms. The van der Waals surface area contributed by atoms with Gasteiger partial charge in [0.1, 0.15) is 23.9 Å². The molecule has 3 rings (SSSR count). The summed E-state index contributed by atoms with van der Waals surface area (Å²) in [6.07, 6.45) is 0.351. The molecule has 1 N–H and O–H groups in total. The molecule has 8 heteroatoms. The molecule has 0 atom stereocenters. The molecule has 0 unspecified atom stereocenters. The molecule has 160 valence electrons. The van der Waals surface area contributed by atoms with Crippen LogP contribution in [0.1, 0.15) is 40.0 Å². The number of esters is 1. The zero-order valence-corrected chi connectivity index (χ0v) is 16.7. The van der Waals surface area contributed by atoms with Crippen molar-refractivity contribution >= 4 is 23.3 Å². The van der Waals surface area contributed by atoms with Crippen LogP contribution in [0.25, 0.3) is 0 Å². The smallest absolute Gasteiger partial charge is 0.374 e. The van der Waals surface area contributed by atoms with Crippen LogP contribution in [-0.4, -0.2) is 24.3 Å². The van der Waals surface area contributed by atoms with Gasteiger partial charge in [0, 0.05) is 17.7 Å². The number of rotatable bonds is 9. The van der Waals surface area contributed by atoms with Gasteiger partial charge < -0.3 is 19.2 Å². The van der Waals surface area contributed by atoms with E-state index in [0.29, 0.717) is 29.2 Å². The fourth-order valence-electron chi connectivity index (χ4n) is 2.52. The van der Waals surface area contributed by atoms with Crippen molar-refractivity contribution in [1.29, 1.82) is 0 Å². The van der Waals surface area contributed by atoms with Gasteiger partial charge in [-0.2, -0.15) is 0 Å². The third-order valence-corrected chi connectivity index (χ3v) is 4.20. The highest BCUT2D eigenvalue weighted by Crippen LogP contribution is 2.16. The van der Waals surface area contributed by atoms with E-state index in [1.807, 2.05) is 0 Å². The second-order valence-corrected chi connectivity index (χ2v) is 6.49. The number of ether oxygens (including phenoxy) is 2. The predicted molar refractivity (Wildman–Crippen MR) is 109 cm³/mol. The van der Waals surface area contributed by atoms with Gasteiger partial charge in [0.15, 0.2) is 12.4 Å². The van der Waals surface area contributed by atoms with Gasteiger partial charge in [-0.3, -0.25) is 9.59 Å². The number of hydrogen-bond donors (Lipinski definition) is 1. The van der Waals surface area contributed by atoms with Gasteiger partial charge in [-0.15, -0.1) is 0 Å². The van der Waals surface area contributed by atoms with Crippen LogP contribution in [-0.2, 0) is 16.1 Å². The highest BCUT2D eigenvalue weighted by molar-refractivity contribution is 5.99. The maximum Gasteiger partial charge on any atom is 0.374 e. The Morgan fingerprint density at radius 1 is 0.968 bits per heavy atom. The monoisotopic (exact) mass is 425 g/mol. The van der Waals surface area contributed by atoms with Crippen molar-refractivity contribution in [3.05, 3.63) is 83.6 Å². The van der Waals surface area contributed by atoms with Gasteiger partial charge in [-0.05, 0) is 60.7 Å². The maximum atomic E-state index is 12.9.